The fourth-order valence-electron chi connectivity index (χ4n) is 1.05. The quantitative estimate of drug-likeness (QED) is 0.773. The van der Waals surface area contributed by atoms with E-state index in [0.717, 1.165) is 5.56 Å². The summed E-state index contributed by atoms with van der Waals surface area (Å²) in [5.41, 5.74) is -0.114. The van der Waals surface area contributed by atoms with E-state index in [9.17, 15) is 13.5 Å². The first-order valence-electron chi connectivity index (χ1n) is 5.13. The van der Waals surface area contributed by atoms with Gasteiger partial charge in [-0.1, -0.05) is 22.6 Å². The minimum atomic E-state index is -3.68. The predicted molar refractivity (Wildman–Crippen MR) is 63.8 cm³/mol. The van der Waals surface area contributed by atoms with Crippen LogP contribution in [0.25, 0.3) is 0 Å². The lowest BCUT2D eigenvalue weighted by atomic mass is 10.2. The number of hydrogen-bond acceptors (Lipinski definition) is 4. The molecule has 2 N–H and O–H groups in total. The van der Waals surface area contributed by atoms with Crippen LogP contribution in [0.15, 0.2) is 29.2 Å². The first-order valence-corrected chi connectivity index (χ1v) is 6.62. The van der Waals surface area contributed by atoms with Gasteiger partial charge in [-0.2, -0.15) is 0 Å². The minimum absolute atomic E-state index is 0.124. The van der Waals surface area contributed by atoms with Crippen LogP contribution in [0.3, 0.4) is 0 Å². The normalized spacial score (nSPS) is 12.7. The monoisotopic (exact) mass is 259 g/mol. The van der Waals surface area contributed by atoms with Crippen molar-refractivity contribution in [3.8, 4) is 0 Å². The molecule has 0 bridgehead atoms. The van der Waals surface area contributed by atoms with E-state index in [1.807, 2.05) is 11.8 Å². The third-order valence-corrected chi connectivity index (χ3v) is 3.16. The zero-order valence-electron chi connectivity index (χ0n) is 10.1. The highest BCUT2D eigenvalue weighted by molar-refractivity contribution is 7.89. The average molecular weight is 259 g/mol. The second kappa shape index (κ2) is 5.14. The summed E-state index contributed by atoms with van der Waals surface area (Å²) >= 11 is 0. The lowest BCUT2D eigenvalue weighted by Crippen LogP contribution is -2.33. The van der Waals surface area contributed by atoms with Crippen molar-refractivity contribution in [3.05, 3.63) is 29.8 Å². The van der Waals surface area contributed by atoms with Crippen molar-refractivity contribution in [2.75, 3.05) is 6.61 Å². The molecule has 1 aromatic carbocycles. The van der Waals surface area contributed by atoms with Gasteiger partial charge in [0.05, 0.1) is 17.1 Å². The summed E-state index contributed by atoms with van der Waals surface area (Å²) in [6, 6.07) is 6.38. The van der Waals surface area contributed by atoms with Gasteiger partial charge < -0.3 is 5.11 Å². The molecular formula is C11H17NO4S. The molecule has 0 atom stereocenters. The van der Waals surface area contributed by atoms with E-state index in [-0.39, 0.29) is 11.5 Å². The maximum atomic E-state index is 11.7. The fraction of sp³-hybridized carbons (Fsp3) is 0.455. The molecular weight excluding hydrogens is 242 g/mol. The van der Waals surface area contributed by atoms with Crippen LogP contribution in [0.5, 0.6) is 0 Å². The summed E-state index contributed by atoms with van der Waals surface area (Å²) in [7, 11) is -3.68. The molecule has 6 heteroatoms. The number of benzene rings is 1. The van der Waals surface area contributed by atoms with Crippen molar-refractivity contribution in [2.24, 2.45) is 0 Å². The highest BCUT2D eigenvalue weighted by atomic mass is 32.2. The molecule has 0 radical (unpaired) electrons. The van der Waals surface area contributed by atoms with E-state index >= 15 is 0 Å². The van der Waals surface area contributed by atoms with E-state index in [1.165, 1.54) is 26.0 Å². The molecule has 1 aromatic rings. The summed E-state index contributed by atoms with van der Waals surface area (Å²) < 4.78 is 23.4. The largest absolute Gasteiger partial charge is 0.388 e. The van der Waals surface area contributed by atoms with Gasteiger partial charge in [0.15, 0.2) is 0 Å². The van der Waals surface area contributed by atoms with E-state index in [0.29, 0.717) is 0 Å². The Balaban J connectivity index is 2.66. The molecule has 0 spiro atoms. The first-order chi connectivity index (χ1) is 7.71. The Morgan fingerprint density at radius 2 is 1.82 bits per heavy atom. The molecule has 0 saturated carbocycles. The summed E-state index contributed by atoms with van der Waals surface area (Å²) in [5, 5.41) is 9.36. The van der Waals surface area contributed by atoms with E-state index in [4.69, 9.17) is 4.84 Å². The zero-order valence-corrected chi connectivity index (χ0v) is 10.9. The molecule has 0 saturated heterocycles. The highest BCUT2D eigenvalue weighted by Crippen LogP contribution is 2.10. The third-order valence-electron chi connectivity index (χ3n) is 1.93. The minimum Gasteiger partial charge on any atom is -0.388 e. The number of aliphatic hydroxyl groups is 1. The van der Waals surface area contributed by atoms with Crippen molar-refractivity contribution in [2.45, 2.75) is 31.3 Å². The predicted octanol–water partition coefficient (Wildman–Crippen LogP) is 0.976. The van der Waals surface area contributed by atoms with Gasteiger partial charge in [0.1, 0.15) is 0 Å². The van der Waals surface area contributed by atoms with E-state index in [2.05, 4.69) is 0 Å². The molecule has 96 valence electrons. The van der Waals surface area contributed by atoms with Gasteiger partial charge in [-0.25, -0.2) is 8.42 Å². The fourth-order valence-corrected chi connectivity index (χ4v) is 1.85. The molecule has 5 nitrogen and oxygen atoms in total. The smallest absolute Gasteiger partial charge is 0.262 e. The Kier molecular flexibility index (Phi) is 4.26. The van der Waals surface area contributed by atoms with Crippen molar-refractivity contribution in [1.29, 1.82) is 0 Å². The summed E-state index contributed by atoms with van der Waals surface area (Å²) in [5.74, 6) is 0. The first kappa shape index (κ1) is 14.1. The standard InChI is InChI=1S/C11H17NO4S/c1-9-4-6-10(7-5-9)17(14,15)12-16-8-11(2,3)13/h4-7,12-13H,8H2,1-3H3. The Hall–Kier alpha value is -0.950. The second-order valence-electron chi connectivity index (χ2n) is 4.50. The maximum absolute atomic E-state index is 11.7. The molecule has 1 rings (SSSR count). The van der Waals surface area contributed by atoms with Crippen molar-refractivity contribution < 1.29 is 18.4 Å². The highest BCUT2D eigenvalue weighted by Gasteiger charge is 2.17. The molecule has 0 aliphatic heterocycles. The Labute approximate surface area is 101 Å². The van der Waals surface area contributed by atoms with Crippen LogP contribution in [-0.4, -0.2) is 25.7 Å². The summed E-state index contributed by atoms with van der Waals surface area (Å²) in [6.45, 7) is 4.78. The van der Waals surface area contributed by atoms with Gasteiger partial charge in [0, 0.05) is 0 Å². The third kappa shape index (κ3) is 4.82. The van der Waals surface area contributed by atoms with Gasteiger partial charge in [-0.15, -0.1) is 0 Å². The Morgan fingerprint density at radius 1 is 1.29 bits per heavy atom. The second-order valence-corrected chi connectivity index (χ2v) is 6.15. The van der Waals surface area contributed by atoms with Gasteiger partial charge in [-0.3, -0.25) is 4.84 Å². The maximum Gasteiger partial charge on any atom is 0.262 e. The number of aryl methyl sites for hydroxylation is 1. The van der Waals surface area contributed by atoms with Gasteiger partial charge in [-0.05, 0) is 32.9 Å². The number of rotatable bonds is 5. The molecule has 0 aromatic heterocycles. The van der Waals surface area contributed by atoms with Crippen LogP contribution >= 0.6 is 0 Å². The number of sulfonamides is 1. The van der Waals surface area contributed by atoms with Crippen LogP contribution in [0.4, 0.5) is 0 Å². The molecule has 0 aliphatic rings. The zero-order chi connectivity index (χ0) is 13.1. The number of hydrogen-bond donors (Lipinski definition) is 2. The van der Waals surface area contributed by atoms with Crippen LogP contribution in [-0.2, 0) is 14.9 Å². The number of nitrogens with one attached hydrogen (secondary N) is 1. The van der Waals surface area contributed by atoms with Crippen LogP contribution in [0.2, 0.25) is 0 Å². The van der Waals surface area contributed by atoms with Gasteiger partial charge >= 0.3 is 0 Å². The van der Waals surface area contributed by atoms with Crippen molar-refractivity contribution in [3.63, 3.8) is 0 Å². The average Bonchev–Trinajstić information content (AvgIpc) is 2.15. The molecule has 17 heavy (non-hydrogen) atoms. The van der Waals surface area contributed by atoms with E-state index < -0.39 is 15.6 Å². The van der Waals surface area contributed by atoms with Crippen LogP contribution < -0.4 is 4.89 Å². The summed E-state index contributed by atoms with van der Waals surface area (Å²) in [6.07, 6.45) is 0. The van der Waals surface area contributed by atoms with Gasteiger partial charge in [0.25, 0.3) is 10.0 Å². The van der Waals surface area contributed by atoms with Crippen molar-refractivity contribution >= 4 is 10.0 Å². The lowest BCUT2D eigenvalue weighted by molar-refractivity contribution is -0.0380. The van der Waals surface area contributed by atoms with Gasteiger partial charge in [0.2, 0.25) is 0 Å². The van der Waals surface area contributed by atoms with Crippen molar-refractivity contribution in [1.82, 2.24) is 4.89 Å². The molecule has 0 aliphatic carbocycles. The molecule has 0 fully saturated rings. The molecule has 0 unspecified atom stereocenters. The molecule has 0 heterocycles. The SMILES string of the molecule is Cc1ccc(S(=O)(=O)NOCC(C)(C)O)cc1. The van der Waals surface area contributed by atoms with E-state index in [1.54, 1.807) is 12.1 Å². The topological polar surface area (TPSA) is 75.6 Å². The molecule has 0 amide bonds. The lowest BCUT2D eigenvalue weighted by Gasteiger charge is -2.16. The summed E-state index contributed by atoms with van der Waals surface area (Å²) in [4.78, 5) is 6.85. The van der Waals surface area contributed by atoms with Crippen LogP contribution in [0.1, 0.15) is 19.4 Å². The Morgan fingerprint density at radius 3 is 2.29 bits per heavy atom. The van der Waals surface area contributed by atoms with Crippen LogP contribution in [0, 0.1) is 6.92 Å². The Bertz CT molecular complexity index is 459.